The van der Waals surface area contributed by atoms with Gasteiger partial charge in [0, 0.05) is 0 Å². The van der Waals surface area contributed by atoms with Gasteiger partial charge in [-0.1, -0.05) is 0 Å². The molecule has 0 spiro atoms. The Morgan fingerprint density at radius 1 is 0.688 bits per heavy atom. The van der Waals surface area contributed by atoms with Gasteiger partial charge >= 0.3 is 183 Å². The third kappa shape index (κ3) is 4.48. The van der Waals surface area contributed by atoms with Gasteiger partial charge in [0.15, 0.2) is 0 Å². The van der Waals surface area contributed by atoms with E-state index in [2.05, 4.69) is 0 Å². The fourth-order valence-corrected chi connectivity index (χ4v) is 3.44. The van der Waals surface area contributed by atoms with Gasteiger partial charge in [-0.05, 0) is 0 Å². The predicted molar refractivity (Wildman–Crippen MR) is 94.7 cm³/mol. The van der Waals surface area contributed by atoms with E-state index in [0.29, 0.717) is 12.1 Å². The summed E-state index contributed by atoms with van der Waals surface area (Å²) in [5.41, 5.74) is -5.17. The van der Waals surface area contributed by atoms with Crippen molar-refractivity contribution in [2.75, 3.05) is 0 Å². The van der Waals surface area contributed by atoms with Gasteiger partial charge in [0.1, 0.15) is 0 Å². The summed E-state index contributed by atoms with van der Waals surface area (Å²) in [5, 5.41) is 0. The summed E-state index contributed by atoms with van der Waals surface area (Å²) in [6.45, 7) is -1.09. The zero-order chi connectivity index (χ0) is 24.2. The minimum absolute atomic E-state index is 0.0448. The van der Waals surface area contributed by atoms with Crippen molar-refractivity contribution in [2.45, 2.75) is 16.8 Å². The fraction of sp³-hybridized carbons (Fsp3) is 0.158. The normalized spacial score (nSPS) is 17.1. The molecule has 0 radical (unpaired) electrons. The zero-order valence-electron chi connectivity index (χ0n) is 15.8. The van der Waals surface area contributed by atoms with Crippen LogP contribution in [0.4, 0.5) is 48.3 Å². The van der Waals surface area contributed by atoms with E-state index in [4.69, 9.17) is 0 Å². The molecule has 0 bridgehead atoms. The van der Waals surface area contributed by atoms with Crippen molar-refractivity contribution in [3.8, 4) is 0 Å². The SMILES string of the molecule is [Li][CH]1C=C(c2c(F)c(F)c(F)c(F)c2F)C=CB1c1cc(C(F)(F)F)cc(C(F)(F)F)c1. The van der Waals surface area contributed by atoms with E-state index in [1.54, 1.807) is 0 Å². The number of allylic oxidation sites excluding steroid dienone is 3. The van der Waals surface area contributed by atoms with Crippen LogP contribution in [0.3, 0.4) is 0 Å². The molecule has 0 aliphatic carbocycles. The molecule has 32 heavy (non-hydrogen) atoms. The Morgan fingerprint density at radius 3 is 1.53 bits per heavy atom. The standard InChI is InChI=1S/C19H7BF11.Li/c21-13-12(14(22)16(24)17(25)15(13)23)8-1-3-20(4-2-8)11-6-9(18(26,27)28)5-10(7-11)19(29,30)31;/h1-7H;. The Kier molecular flexibility index (Phi) is 6.34. The van der Waals surface area contributed by atoms with E-state index in [9.17, 15) is 48.3 Å². The van der Waals surface area contributed by atoms with E-state index in [1.807, 2.05) is 0 Å². The number of rotatable bonds is 2. The number of benzene rings is 2. The van der Waals surface area contributed by atoms with Crippen LogP contribution in [0, 0.1) is 29.1 Å². The minimum atomic E-state index is -5.08. The first kappa shape index (κ1) is 24.5. The summed E-state index contributed by atoms with van der Waals surface area (Å²) < 4.78 is 146. The third-order valence-corrected chi connectivity index (χ3v) is 4.99. The van der Waals surface area contributed by atoms with Gasteiger partial charge in [-0.2, -0.15) is 0 Å². The van der Waals surface area contributed by atoms with Gasteiger partial charge in [0.2, 0.25) is 0 Å². The van der Waals surface area contributed by atoms with E-state index in [-0.39, 0.29) is 11.5 Å². The molecule has 1 aliphatic heterocycles. The first-order valence-electron chi connectivity index (χ1n) is 8.84. The van der Waals surface area contributed by atoms with Gasteiger partial charge in [-0.15, -0.1) is 0 Å². The molecule has 2 aromatic carbocycles. The van der Waals surface area contributed by atoms with Gasteiger partial charge in [-0.25, -0.2) is 0 Å². The van der Waals surface area contributed by atoms with E-state index >= 15 is 0 Å². The topological polar surface area (TPSA) is 0 Å². The average molecular weight is 462 g/mol. The fourth-order valence-electron chi connectivity index (χ4n) is 3.44. The molecule has 3 rings (SSSR count). The van der Waals surface area contributed by atoms with Gasteiger partial charge in [0.25, 0.3) is 0 Å². The van der Waals surface area contributed by atoms with Crippen molar-refractivity contribution < 1.29 is 48.3 Å². The Hall–Kier alpha value is -2.19. The van der Waals surface area contributed by atoms with Crippen molar-refractivity contribution >= 4 is 35.5 Å². The molecule has 1 unspecified atom stereocenters. The van der Waals surface area contributed by atoms with Crippen LogP contribution < -0.4 is 5.46 Å². The molecule has 0 nitrogen and oxygen atoms in total. The Labute approximate surface area is 183 Å². The van der Waals surface area contributed by atoms with Crippen molar-refractivity contribution in [3.63, 3.8) is 0 Å². The van der Waals surface area contributed by atoms with Crippen LogP contribution in [0.1, 0.15) is 16.7 Å². The van der Waals surface area contributed by atoms with Crippen LogP contribution >= 0.6 is 0 Å². The summed E-state index contributed by atoms with van der Waals surface area (Å²) in [7, 11) is 0. The van der Waals surface area contributed by atoms with Crippen molar-refractivity contribution in [1.82, 2.24) is 0 Å². The Balaban J connectivity index is 2.08. The average Bonchev–Trinajstić information content (AvgIpc) is 2.69. The molecule has 0 N–H and O–H groups in total. The van der Waals surface area contributed by atoms with Crippen LogP contribution in [0.15, 0.2) is 36.3 Å². The van der Waals surface area contributed by atoms with E-state index < -0.39 is 74.9 Å². The second kappa shape index (κ2) is 8.30. The van der Waals surface area contributed by atoms with Gasteiger partial charge in [-0.3, -0.25) is 0 Å². The van der Waals surface area contributed by atoms with Crippen molar-refractivity contribution in [1.29, 1.82) is 0 Å². The van der Waals surface area contributed by atoms with Crippen LogP contribution in [-0.4, -0.2) is 24.4 Å². The molecule has 0 saturated heterocycles. The second-order valence-corrected chi connectivity index (χ2v) is 7.15. The van der Waals surface area contributed by atoms with Crippen molar-refractivity contribution in [2.24, 2.45) is 0 Å². The maximum absolute atomic E-state index is 14.1. The third-order valence-electron chi connectivity index (χ3n) is 4.99. The molecule has 0 amide bonds. The molecule has 1 atom stereocenters. The van der Waals surface area contributed by atoms with Gasteiger partial charge in [0.05, 0.1) is 0 Å². The maximum atomic E-state index is 14.1. The first-order chi connectivity index (χ1) is 14.6. The summed E-state index contributed by atoms with van der Waals surface area (Å²) in [6.07, 6.45) is -8.25. The number of alkyl halides is 6. The summed E-state index contributed by atoms with van der Waals surface area (Å²) in [5.74, 6) is -9.90. The molecule has 0 fully saturated rings. The van der Waals surface area contributed by atoms with Crippen LogP contribution in [-0.2, 0) is 12.4 Å². The van der Waals surface area contributed by atoms with Crippen LogP contribution in [0.25, 0.3) is 5.57 Å². The van der Waals surface area contributed by atoms with E-state index in [1.165, 1.54) is 17.7 Å². The number of hydrogen-bond acceptors (Lipinski definition) is 0. The zero-order valence-corrected chi connectivity index (χ0v) is 15.8. The second-order valence-electron chi connectivity index (χ2n) is 7.15. The molecule has 1 heterocycles. The molecular weight excluding hydrogens is 455 g/mol. The molecule has 13 heteroatoms. The Bertz CT molecular complexity index is 1070. The number of hydrogen-bond donors (Lipinski definition) is 0. The molecular formula is C19H7BF11Li. The molecule has 1 aliphatic rings. The van der Waals surface area contributed by atoms with Crippen LogP contribution in [0.5, 0.6) is 0 Å². The molecule has 0 saturated carbocycles. The summed E-state index contributed by atoms with van der Waals surface area (Å²) in [6, 6.07) is 0.979. The molecule has 164 valence electrons. The van der Waals surface area contributed by atoms with Crippen molar-refractivity contribution in [3.05, 3.63) is 82.1 Å². The molecule has 2 aromatic rings. The summed E-state index contributed by atoms with van der Waals surface area (Å²) in [4.78, 5) is 0. The summed E-state index contributed by atoms with van der Waals surface area (Å²) >= 11 is 1.31. The monoisotopic (exact) mass is 462 g/mol. The van der Waals surface area contributed by atoms with Crippen LogP contribution in [0.2, 0.25) is 4.49 Å². The number of halogens is 11. The first-order valence-corrected chi connectivity index (χ1v) is 8.84. The Morgan fingerprint density at radius 2 is 1.12 bits per heavy atom. The van der Waals surface area contributed by atoms with Gasteiger partial charge < -0.3 is 0 Å². The van der Waals surface area contributed by atoms with E-state index in [0.717, 1.165) is 18.1 Å². The molecule has 0 aromatic heterocycles. The predicted octanol–water partition coefficient (Wildman–Crippen LogP) is 5.81. The quantitative estimate of drug-likeness (QED) is 0.229.